The summed E-state index contributed by atoms with van der Waals surface area (Å²) in [5, 5.41) is 9.84. The van der Waals surface area contributed by atoms with Gasteiger partial charge in [0.2, 0.25) is 0 Å². The van der Waals surface area contributed by atoms with Gasteiger partial charge in [-0.15, -0.1) is 11.3 Å². The van der Waals surface area contributed by atoms with Crippen molar-refractivity contribution in [2.45, 2.75) is 0 Å². The molecule has 1 fully saturated rings. The Morgan fingerprint density at radius 3 is 2.53 bits per heavy atom. The molecule has 3 aromatic rings. The highest BCUT2D eigenvalue weighted by atomic mass is 32.1. The first-order valence-electron chi connectivity index (χ1n) is 9.40. The van der Waals surface area contributed by atoms with Gasteiger partial charge in [-0.25, -0.2) is 0 Å². The van der Waals surface area contributed by atoms with Gasteiger partial charge in [0.1, 0.15) is 10.7 Å². The van der Waals surface area contributed by atoms with Crippen molar-refractivity contribution in [1.82, 2.24) is 14.5 Å². The van der Waals surface area contributed by atoms with Crippen LogP contribution in [0.3, 0.4) is 0 Å². The maximum atomic E-state index is 13.3. The number of nitriles is 1. The topological polar surface area (TPSA) is 88.2 Å². The summed E-state index contributed by atoms with van der Waals surface area (Å²) in [6, 6.07) is 16.5. The minimum Gasteiger partial charge on any atom is -0.378 e. The number of nitrogens with zero attached hydrogens (tertiary/aromatic N) is 4. The van der Waals surface area contributed by atoms with E-state index in [1.165, 1.54) is 4.57 Å². The van der Waals surface area contributed by atoms with E-state index in [0.29, 0.717) is 46.9 Å². The van der Waals surface area contributed by atoms with Gasteiger partial charge in [0.05, 0.1) is 29.1 Å². The van der Waals surface area contributed by atoms with Gasteiger partial charge >= 0.3 is 0 Å². The van der Waals surface area contributed by atoms with Gasteiger partial charge in [0, 0.05) is 19.3 Å². The Balaban J connectivity index is 1.98. The van der Waals surface area contributed by atoms with Crippen LogP contribution in [-0.4, -0.2) is 46.7 Å². The molecule has 3 heterocycles. The molecule has 150 valence electrons. The normalized spacial score (nSPS) is 15.6. The van der Waals surface area contributed by atoms with Crippen LogP contribution in [-0.2, 0) is 9.53 Å². The predicted molar refractivity (Wildman–Crippen MR) is 113 cm³/mol. The fraction of sp³-hybridized carbons (Fsp3) is 0.182. The summed E-state index contributed by atoms with van der Waals surface area (Å²) in [6.07, 6.45) is 3.31. The molecule has 4 rings (SSSR count). The van der Waals surface area contributed by atoms with Crippen LogP contribution < -0.4 is 14.8 Å². The van der Waals surface area contributed by atoms with Gasteiger partial charge in [0.15, 0.2) is 5.57 Å². The van der Waals surface area contributed by atoms with E-state index in [-0.39, 0.29) is 11.1 Å². The quantitative estimate of drug-likeness (QED) is 0.623. The molecule has 0 bridgehead atoms. The Morgan fingerprint density at radius 1 is 1.13 bits per heavy atom. The molecule has 8 heteroatoms. The van der Waals surface area contributed by atoms with Gasteiger partial charge in [-0.05, 0) is 30.3 Å². The van der Waals surface area contributed by atoms with Crippen molar-refractivity contribution in [3.05, 3.63) is 80.0 Å². The summed E-state index contributed by atoms with van der Waals surface area (Å²) in [5.41, 5.74) is 0.871. The molecule has 0 radical (unpaired) electrons. The fourth-order valence-electron chi connectivity index (χ4n) is 3.17. The highest BCUT2D eigenvalue weighted by Crippen LogP contribution is 2.07. The van der Waals surface area contributed by atoms with Crippen LogP contribution in [0, 0.1) is 11.3 Å². The van der Waals surface area contributed by atoms with Crippen molar-refractivity contribution in [2.75, 3.05) is 26.3 Å². The van der Waals surface area contributed by atoms with Crippen molar-refractivity contribution >= 4 is 28.9 Å². The second kappa shape index (κ2) is 8.86. The van der Waals surface area contributed by atoms with Crippen molar-refractivity contribution in [1.29, 1.82) is 5.26 Å². The van der Waals surface area contributed by atoms with Crippen LogP contribution in [0.1, 0.15) is 5.69 Å². The summed E-state index contributed by atoms with van der Waals surface area (Å²) < 4.78 is 7.44. The summed E-state index contributed by atoms with van der Waals surface area (Å²) in [7, 11) is 0. The molecule has 0 N–H and O–H groups in total. The smallest absolute Gasteiger partial charge is 0.273 e. The minimum absolute atomic E-state index is 0.0523. The number of carbonyl (C=O) groups excluding carboxylic acids is 1. The second-order valence-electron chi connectivity index (χ2n) is 6.54. The SMILES string of the molecule is N#C/C(C(=O)N1CCOCC1)=c1\s/c(=C\c2ccccn2)c(=O)n1-c1ccccc1. The Labute approximate surface area is 176 Å². The Bertz CT molecular complexity index is 1270. The van der Waals surface area contributed by atoms with Crippen molar-refractivity contribution in [3.63, 3.8) is 0 Å². The second-order valence-corrected chi connectivity index (χ2v) is 7.57. The standard InChI is InChI=1S/C22H18N4O3S/c23-15-18(20(27)25-10-12-29-13-11-25)22-26(17-7-2-1-3-8-17)21(28)19(30-22)14-16-6-4-5-9-24-16/h1-9,14H,10-13H2/b19-14-,22-18+. The number of amides is 1. The molecule has 7 nitrogen and oxygen atoms in total. The van der Waals surface area contributed by atoms with Gasteiger partial charge in [-0.1, -0.05) is 24.3 Å². The highest BCUT2D eigenvalue weighted by molar-refractivity contribution is 7.07. The number of morpholine rings is 1. The number of para-hydroxylation sites is 1. The zero-order valence-corrected chi connectivity index (χ0v) is 16.8. The van der Waals surface area contributed by atoms with E-state index in [9.17, 15) is 14.9 Å². The lowest BCUT2D eigenvalue weighted by Crippen LogP contribution is -2.42. The van der Waals surface area contributed by atoms with E-state index < -0.39 is 5.91 Å². The molecule has 0 aliphatic carbocycles. The maximum absolute atomic E-state index is 13.3. The van der Waals surface area contributed by atoms with Gasteiger partial charge in [-0.2, -0.15) is 5.26 Å². The predicted octanol–water partition coefficient (Wildman–Crippen LogP) is 0.656. The number of benzene rings is 1. The van der Waals surface area contributed by atoms with E-state index in [2.05, 4.69) is 4.98 Å². The number of pyridine rings is 1. The van der Waals surface area contributed by atoms with Gasteiger partial charge in [0.25, 0.3) is 11.5 Å². The molecule has 1 aliphatic rings. The van der Waals surface area contributed by atoms with E-state index in [0.717, 1.165) is 11.3 Å². The molecule has 0 atom stereocenters. The fourth-order valence-corrected chi connectivity index (χ4v) is 4.25. The highest BCUT2D eigenvalue weighted by Gasteiger charge is 2.23. The van der Waals surface area contributed by atoms with E-state index in [1.54, 1.807) is 53.6 Å². The molecular weight excluding hydrogens is 400 g/mol. The molecule has 0 unspecified atom stereocenters. The van der Waals surface area contributed by atoms with Crippen molar-refractivity contribution < 1.29 is 9.53 Å². The lowest BCUT2D eigenvalue weighted by molar-refractivity contribution is -0.128. The number of hydrogen-bond acceptors (Lipinski definition) is 6. The van der Waals surface area contributed by atoms with Crippen LogP contribution in [0.4, 0.5) is 0 Å². The molecule has 30 heavy (non-hydrogen) atoms. The molecule has 2 aromatic heterocycles. The largest absolute Gasteiger partial charge is 0.378 e. The molecule has 0 saturated carbocycles. The third-order valence-electron chi connectivity index (χ3n) is 4.64. The summed E-state index contributed by atoms with van der Waals surface area (Å²) in [4.78, 5) is 32.2. The van der Waals surface area contributed by atoms with E-state index >= 15 is 0 Å². The van der Waals surface area contributed by atoms with Crippen molar-refractivity contribution in [2.24, 2.45) is 0 Å². The third-order valence-corrected chi connectivity index (χ3v) is 5.74. The molecule has 1 saturated heterocycles. The summed E-state index contributed by atoms with van der Waals surface area (Å²) in [6.45, 7) is 1.69. The van der Waals surface area contributed by atoms with Gasteiger partial charge in [-0.3, -0.25) is 19.1 Å². The van der Waals surface area contributed by atoms with E-state index in [4.69, 9.17) is 4.74 Å². The maximum Gasteiger partial charge on any atom is 0.273 e. The van der Waals surface area contributed by atoms with Crippen LogP contribution in [0.25, 0.3) is 17.3 Å². The van der Waals surface area contributed by atoms with Crippen LogP contribution in [0.2, 0.25) is 0 Å². The summed E-state index contributed by atoms with van der Waals surface area (Å²) in [5.74, 6) is -0.392. The molecule has 1 aliphatic heterocycles. The first kappa shape index (κ1) is 19.8. The third kappa shape index (κ3) is 3.94. The minimum atomic E-state index is -0.392. The first-order chi connectivity index (χ1) is 14.7. The molecule has 1 amide bonds. The number of rotatable bonds is 3. The monoisotopic (exact) mass is 418 g/mol. The number of carbonyl (C=O) groups is 1. The van der Waals surface area contributed by atoms with Crippen LogP contribution in [0.15, 0.2) is 59.5 Å². The lowest BCUT2D eigenvalue weighted by Gasteiger charge is -2.26. The van der Waals surface area contributed by atoms with Crippen LogP contribution >= 0.6 is 11.3 Å². The number of hydrogen-bond donors (Lipinski definition) is 0. The Morgan fingerprint density at radius 2 is 1.87 bits per heavy atom. The average Bonchev–Trinajstić information content (AvgIpc) is 3.11. The van der Waals surface area contributed by atoms with Gasteiger partial charge < -0.3 is 9.64 Å². The van der Waals surface area contributed by atoms with Crippen molar-refractivity contribution in [3.8, 4) is 11.8 Å². The molecule has 1 aromatic carbocycles. The zero-order valence-electron chi connectivity index (χ0n) is 16.0. The number of aromatic nitrogens is 2. The lowest BCUT2D eigenvalue weighted by atomic mass is 10.2. The molecular formula is C22H18N4O3S. The molecule has 0 spiro atoms. The van der Waals surface area contributed by atoms with E-state index in [1.807, 2.05) is 18.2 Å². The Kier molecular flexibility index (Phi) is 5.84. The number of thiazole rings is 1. The Hall–Kier alpha value is -3.54. The van der Waals surface area contributed by atoms with Crippen LogP contribution in [0.5, 0.6) is 0 Å². The number of ether oxygens (including phenoxy) is 1. The summed E-state index contributed by atoms with van der Waals surface area (Å²) >= 11 is 1.12. The average molecular weight is 418 g/mol. The zero-order chi connectivity index (χ0) is 20.9. The first-order valence-corrected chi connectivity index (χ1v) is 10.2.